The standard InChI is InChI=1S/C8H12N2O2/c1-4(2)6-5(3)9-10-8(12)7(6)11/h4H,1-3H3,(H,9,11)(H,10,12). The van der Waals surface area contributed by atoms with E-state index in [9.17, 15) is 9.59 Å². The van der Waals surface area contributed by atoms with Gasteiger partial charge in [0.05, 0.1) is 0 Å². The lowest BCUT2D eigenvalue weighted by molar-refractivity contribution is 0.794. The van der Waals surface area contributed by atoms with Gasteiger partial charge in [0.2, 0.25) is 5.43 Å². The van der Waals surface area contributed by atoms with Crippen LogP contribution in [-0.4, -0.2) is 10.2 Å². The molecule has 0 saturated carbocycles. The molecule has 1 heterocycles. The van der Waals surface area contributed by atoms with Crippen molar-refractivity contribution in [3.05, 3.63) is 31.8 Å². The average Bonchev–Trinajstić information content (AvgIpc) is 1.97. The van der Waals surface area contributed by atoms with E-state index < -0.39 is 11.0 Å². The maximum absolute atomic E-state index is 11.3. The Balaban J connectivity index is 3.55. The third-order valence-corrected chi connectivity index (χ3v) is 1.80. The molecule has 0 spiro atoms. The predicted molar refractivity (Wildman–Crippen MR) is 46.5 cm³/mol. The molecule has 0 aliphatic carbocycles. The second-order valence-corrected chi connectivity index (χ2v) is 3.10. The van der Waals surface area contributed by atoms with Gasteiger partial charge in [0.25, 0.3) is 0 Å². The molecule has 0 unspecified atom stereocenters. The number of rotatable bonds is 1. The summed E-state index contributed by atoms with van der Waals surface area (Å²) in [7, 11) is 0. The number of hydrogen-bond acceptors (Lipinski definition) is 2. The molecule has 0 amide bonds. The van der Waals surface area contributed by atoms with Crippen molar-refractivity contribution >= 4 is 0 Å². The van der Waals surface area contributed by atoms with Crippen LogP contribution in [0.2, 0.25) is 0 Å². The number of aryl methyl sites for hydroxylation is 1. The third kappa shape index (κ3) is 1.32. The summed E-state index contributed by atoms with van der Waals surface area (Å²) in [5.41, 5.74) is 0.291. The Morgan fingerprint density at radius 3 is 2.17 bits per heavy atom. The van der Waals surface area contributed by atoms with Crippen LogP contribution in [0.3, 0.4) is 0 Å². The van der Waals surface area contributed by atoms with Gasteiger partial charge in [-0.2, -0.15) is 0 Å². The van der Waals surface area contributed by atoms with Gasteiger partial charge in [-0.05, 0) is 12.8 Å². The molecule has 1 rings (SSSR count). The minimum atomic E-state index is -0.579. The van der Waals surface area contributed by atoms with Gasteiger partial charge in [-0.25, -0.2) is 0 Å². The molecule has 4 heteroatoms. The quantitative estimate of drug-likeness (QED) is 0.599. The van der Waals surface area contributed by atoms with Crippen molar-refractivity contribution in [1.82, 2.24) is 10.2 Å². The summed E-state index contributed by atoms with van der Waals surface area (Å²) >= 11 is 0. The molecule has 0 saturated heterocycles. The fraction of sp³-hybridized carbons (Fsp3) is 0.500. The highest BCUT2D eigenvalue weighted by molar-refractivity contribution is 5.19. The molecule has 0 aliphatic rings. The molecular weight excluding hydrogens is 156 g/mol. The Hall–Kier alpha value is -1.32. The first-order valence-corrected chi connectivity index (χ1v) is 3.85. The molecule has 1 aromatic rings. The van der Waals surface area contributed by atoms with Crippen LogP contribution in [0.4, 0.5) is 0 Å². The summed E-state index contributed by atoms with van der Waals surface area (Å²) in [5, 5.41) is 4.92. The van der Waals surface area contributed by atoms with Gasteiger partial charge in [-0.1, -0.05) is 13.8 Å². The number of aromatic nitrogens is 2. The van der Waals surface area contributed by atoms with Gasteiger partial charge in [0, 0.05) is 11.3 Å². The zero-order valence-corrected chi connectivity index (χ0v) is 7.39. The van der Waals surface area contributed by atoms with Gasteiger partial charge in [0.15, 0.2) is 0 Å². The summed E-state index contributed by atoms with van der Waals surface area (Å²) in [4.78, 5) is 22.2. The summed E-state index contributed by atoms with van der Waals surface area (Å²) in [6.45, 7) is 5.54. The maximum atomic E-state index is 11.3. The topological polar surface area (TPSA) is 65.7 Å². The zero-order chi connectivity index (χ0) is 9.30. The molecule has 0 bridgehead atoms. The van der Waals surface area contributed by atoms with Crippen LogP contribution in [0.15, 0.2) is 9.59 Å². The van der Waals surface area contributed by atoms with E-state index in [0.717, 1.165) is 5.69 Å². The molecule has 0 aliphatic heterocycles. The Bertz CT molecular complexity index is 387. The zero-order valence-electron chi connectivity index (χ0n) is 7.39. The van der Waals surface area contributed by atoms with E-state index in [2.05, 4.69) is 10.2 Å². The van der Waals surface area contributed by atoms with Gasteiger partial charge < -0.3 is 5.10 Å². The molecule has 4 nitrogen and oxygen atoms in total. The van der Waals surface area contributed by atoms with Crippen LogP contribution in [0, 0.1) is 6.92 Å². The molecular formula is C8H12N2O2. The predicted octanol–water partition coefficient (Wildman–Crippen LogP) is 0.495. The van der Waals surface area contributed by atoms with Crippen molar-refractivity contribution in [2.45, 2.75) is 26.7 Å². The SMILES string of the molecule is Cc1[nH][nH]c(=O)c(=O)c1C(C)C. The molecule has 0 radical (unpaired) electrons. The summed E-state index contributed by atoms with van der Waals surface area (Å²) < 4.78 is 0. The van der Waals surface area contributed by atoms with Crippen molar-refractivity contribution in [2.24, 2.45) is 0 Å². The van der Waals surface area contributed by atoms with E-state index in [1.807, 2.05) is 13.8 Å². The van der Waals surface area contributed by atoms with Crippen LogP contribution in [-0.2, 0) is 0 Å². The van der Waals surface area contributed by atoms with Crippen molar-refractivity contribution in [1.29, 1.82) is 0 Å². The van der Waals surface area contributed by atoms with Gasteiger partial charge in [0.1, 0.15) is 0 Å². The Kier molecular flexibility index (Phi) is 2.17. The lowest BCUT2D eigenvalue weighted by Crippen LogP contribution is -2.32. The Morgan fingerprint density at radius 2 is 1.75 bits per heavy atom. The molecule has 2 N–H and O–H groups in total. The van der Waals surface area contributed by atoms with Crippen LogP contribution >= 0.6 is 0 Å². The Morgan fingerprint density at radius 1 is 1.17 bits per heavy atom. The van der Waals surface area contributed by atoms with Crippen molar-refractivity contribution in [3.8, 4) is 0 Å². The molecule has 0 fully saturated rings. The number of aromatic amines is 2. The minimum absolute atomic E-state index is 0.0797. The summed E-state index contributed by atoms with van der Waals surface area (Å²) in [5.74, 6) is 0.0797. The minimum Gasteiger partial charge on any atom is -0.302 e. The summed E-state index contributed by atoms with van der Waals surface area (Å²) in [6, 6.07) is 0. The number of H-pyrrole nitrogens is 2. The van der Waals surface area contributed by atoms with E-state index in [1.165, 1.54) is 0 Å². The third-order valence-electron chi connectivity index (χ3n) is 1.80. The lowest BCUT2D eigenvalue weighted by Gasteiger charge is -2.05. The van der Waals surface area contributed by atoms with E-state index >= 15 is 0 Å². The van der Waals surface area contributed by atoms with E-state index in [-0.39, 0.29) is 5.92 Å². The smallest absolute Gasteiger partial charge is 0.302 e. The summed E-state index contributed by atoms with van der Waals surface area (Å²) in [6.07, 6.45) is 0. The first kappa shape index (κ1) is 8.77. The van der Waals surface area contributed by atoms with Crippen LogP contribution in [0.25, 0.3) is 0 Å². The van der Waals surface area contributed by atoms with Crippen LogP contribution in [0.1, 0.15) is 31.0 Å². The first-order chi connectivity index (χ1) is 5.54. The monoisotopic (exact) mass is 168 g/mol. The highest BCUT2D eigenvalue weighted by Crippen LogP contribution is 2.09. The lowest BCUT2D eigenvalue weighted by atomic mass is 10.0. The highest BCUT2D eigenvalue weighted by atomic mass is 16.2. The second kappa shape index (κ2) is 2.97. The van der Waals surface area contributed by atoms with Gasteiger partial charge in [-0.15, -0.1) is 0 Å². The molecule has 0 atom stereocenters. The normalized spacial score (nSPS) is 10.7. The number of nitrogens with one attached hydrogen (secondary N) is 2. The largest absolute Gasteiger partial charge is 0.310 e. The average molecular weight is 168 g/mol. The molecule has 66 valence electrons. The first-order valence-electron chi connectivity index (χ1n) is 3.85. The number of hydrogen-bond donors (Lipinski definition) is 2. The molecule has 0 aromatic carbocycles. The molecule has 1 aromatic heterocycles. The van der Waals surface area contributed by atoms with Crippen molar-refractivity contribution < 1.29 is 0 Å². The van der Waals surface area contributed by atoms with Crippen molar-refractivity contribution in [3.63, 3.8) is 0 Å². The van der Waals surface area contributed by atoms with Gasteiger partial charge in [-0.3, -0.25) is 14.7 Å². The second-order valence-electron chi connectivity index (χ2n) is 3.10. The fourth-order valence-electron chi connectivity index (χ4n) is 1.26. The van der Waals surface area contributed by atoms with Crippen LogP contribution < -0.4 is 11.0 Å². The Labute approximate surface area is 69.6 Å². The maximum Gasteiger partial charge on any atom is 0.310 e. The highest BCUT2D eigenvalue weighted by Gasteiger charge is 2.10. The van der Waals surface area contributed by atoms with E-state index in [4.69, 9.17) is 0 Å². The van der Waals surface area contributed by atoms with E-state index in [0.29, 0.717) is 5.56 Å². The fourth-order valence-corrected chi connectivity index (χ4v) is 1.26. The molecule has 12 heavy (non-hydrogen) atoms. The van der Waals surface area contributed by atoms with Crippen molar-refractivity contribution in [2.75, 3.05) is 0 Å². The van der Waals surface area contributed by atoms with Crippen LogP contribution in [0.5, 0.6) is 0 Å². The van der Waals surface area contributed by atoms with E-state index in [1.54, 1.807) is 6.92 Å². The van der Waals surface area contributed by atoms with Gasteiger partial charge >= 0.3 is 5.56 Å².